The zero-order valence-corrected chi connectivity index (χ0v) is 13.6. The predicted molar refractivity (Wildman–Crippen MR) is 93.1 cm³/mol. The summed E-state index contributed by atoms with van der Waals surface area (Å²) < 4.78 is 5.07. The van der Waals surface area contributed by atoms with Crippen LogP contribution < -0.4 is 11.5 Å². The minimum absolute atomic E-state index is 0.00306. The van der Waals surface area contributed by atoms with Crippen LogP contribution in [-0.2, 0) is 9.53 Å². The van der Waals surface area contributed by atoms with E-state index >= 15 is 0 Å². The number of nitrogens with zero attached hydrogens (tertiary/aromatic N) is 1. The highest BCUT2D eigenvalue weighted by molar-refractivity contribution is 6.30. The minimum atomic E-state index is -0.0718. The van der Waals surface area contributed by atoms with E-state index in [4.69, 9.17) is 33.2 Å². The SMILES string of the molecule is C=CC(=O)N1CCOCC1.N=C(N)/C=C(\N)c1cccc(Cl)c1. The molecule has 0 radical (unpaired) electrons. The van der Waals surface area contributed by atoms with Gasteiger partial charge in [0.1, 0.15) is 5.84 Å². The number of carbonyl (C=O) groups excluding carboxylic acids is 1. The topological polar surface area (TPSA) is 105 Å². The molecule has 124 valence electrons. The molecule has 7 heteroatoms. The standard InChI is InChI=1S/C9H10ClN3.C7H11NO2/c10-7-3-1-2-6(4-7)8(11)5-9(12)13;1-2-7(9)8-3-5-10-6-4-8/h1-5H,11H2,(H3,12,13);2H,1,3-6H2/b8-5-;. The molecule has 6 nitrogen and oxygen atoms in total. The number of rotatable bonds is 3. The highest BCUT2D eigenvalue weighted by Gasteiger charge is 2.12. The fourth-order valence-electron chi connectivity index (χ4n) is 1.83. The summed E-state index contributed by atoms with van der Waals surface area (Å²) in [5, 5.41) is 7.62. The van der Waals surface area contributed by atoms with Crippen LogP contribution >= 0.6 is 11.6 Å². The minimum Gasteiger partial charge on any atom is -0.398 e. The third-order valence-corrected chi connectivity index (χ3v) is 3.20. The van der Waals surface area contributed by atoms with Crippen LogP contribution in [0.1, 0.15) is 5.56 Å². The summed E-state index contributed by atoms with van der Waals surface area (Å²) in [7, 11) is 0. The van der Waals surface area contributed by atoms with E-state index in [2.05, 4.69) is 6.58 Å². The monoisotopic (exact) mass is 336 g/mol. The van der Waals surface area contributed by atoms with E-state index in [0.717, 1.165) is 5.56 Å². The van der Waals surface area contributed by atoms with Crippen molar-refractivity contribution in [2.45, 2.75) is 0 Å². The number of nitrogens with one attached hydrogen (secondary N) is 1. The zero-order chi connectivity index (χ0) is 17.2. The van der Waals surface area contributed by atoms with Gasteiger partial charge in [-0.1, -0.05) is 30.3 Å². The van der Waals surface area contributed by atoms with E-state index < -0.39 is 0 Å². The van der Waals surface area contributed by atoms with Crippen LogP contribution in [0.2, 0.25) is 5.02 Å². The fraction of sp³-hybridized carbons (Fsp3) is 0.250. The van der Waals surface area contributed by atoms with Crippen molar-refractivity contribution >= 4 is 29.0 Å². The smallest absolute Gasteiger partial charge is 0.246 e. The molecule has 1 heterocycles. The van der Waals surface area contributed by atoms with Crippen molar-refractivity contribution in [2.24, 2.45) is 11.5 Å². The molecule has 1 aromatic carbocycles. The number of nitrogens with two attached hydrogens (primary N) is 2. The predicted octanol–water partition coefficient (Wildman–Crippen LogP) is 1.61. The molecule has 0 spiro atoms. The second-order valence-corrected chi connectivity index (χ2v) is 5.14. The van der Waals surface area contributed by atoms with Gasteiger partial charge in [-0.15, -0.1) is 0 Å². The number of amidine groups is 1. The molecule has 1 aliphatic rings. The lowest BCUT2D eigenvalue weighted by molar-refractivity contribution is -0.129. The van der Waals surface area contributed by atoms with Crippen molar-refractivity contribution in [2.75, 3.05) is 26.3 Å². The molecular weight excluding hydrogens is 316 g/mol. The van der Waals surface area contributed by atoms with Gasteiger partial charge in [-0.3, -0.25) is 10.2 Å². The number of benzene rings is 1. The first-order chi connectivity index (χ1) is 10.9. The van der Waals surface area contributed by atoms with E-state index in [9.17, 15) is 4.79 Å². The van der Waals surface area contributed by atoms with E-state index in [-0.39, 0.29) is 11.7 Å². The second kappa shape index (κ2) is 9.66. The van der Waals surface area contributed by atoms with Crippen LogP contribution in [0.3, 0.4) is 0 Å². The summed E-state index contributed by atoms with van der Waals surface area (Å²) in [4.78, 5) is 12.7. The third-order valence-electron chi connectivity index (χ3n) is 2.97. The van der Waals surface area contributed by atoms with Crippen LogP contribution in [0.25, 0.3) is 5.70 Å². The van der Waals surface area contributed by atoms with Gasteiger partial charge in [-0.05, 0) is 23.8 Å². The number of hydrogen-bond acceptors (Lipinski definition) is 4. The highest BCUT2D eigenvalue weighted by atomic mass is 35.5. The van der Waals surface area contributed by atoms with E-state index in [1.165, 1.54) is 12.2 Å². The van der Waals surface area contributed by atoms with Crippen molar-refractivity contribution in [1.29, 1.82) is 5.41 Å². The maximum atomic E-state index is 10.9. The van der Waals surface area contributed by atoms with Crippen LogP contribution in [0, 0.1) is 5.41 Å². The average Bonchev–Trinajstić information content (AvgIpc) is 2.55. The Balaban J connectivity index is 0.000000238. The quantitative estimate of drug-likeness (QED) is 0.443. The molecular formula is C16H21ClN4O2. The number of ether oxygens (including phenoxy) is 1. The maximum Gasteiger partial charge on any atom is 0.246 e. The molecule has 0 bridgehead atoms. The molecule has 1 amide bonds. The van der Waals surface area contributed by atoms with Crippen molar-refractivity contribution in [1.82, 2.24) is 4.90 Å². The molecule has 0 aliphatic carbocycles. The number of carbonyl (C=O) groups is 1. The van der Waals surface area contributed by atoms with Crippen molar-refractivity contribution in [3.05, 3.63) is 53.6 Å². The lowest BCUT2D eigenvalue weighted by atomic mass is 10.1. The van der Waals surface area contributed by atoms with Gasteiger partial charge >= 0.3 is 0 Å². The zero-order valence-electron chi connectivity index (χ0n) is 12.8. The molecule has 23 heavy (non-hydrogen) atoms. The van der Waals surface area contributed by atoms with E-state index in [0.29, 0.717) is 37.0 Å². The summed E-state index contributed by atoms with van der Waals surface area (Å²) in [5.74, 6) is -0.0687. The van der Waals surface area contributed by atoms with Gasteiger partial charge in [-0.2, -0.15) is 0 Å². The Hall–Kier alpha value is -2.31. The Morgan fingerprint density at radius 1 is 1.35 bits per heavy atom. The Morgan fingerprint density at radius 2 is 2.00 bits per heavy atom. The van der Waals surface area contributed by atoms with E-state index in [1.54, 1.807) is 29.2 Å². The third kappa shape index (κ3) is 6.99. The molecule has 2 rings (SSSR count). The van der Waals surface area contributed by atoms with Crippen molar-refractivity contribution in [3.63, 3.8) is 0 Å². The number of morpholine rings is 1. The van der Waals surface area contributed by atoms with Crippen LogP contribution in [0.4, 0.5) is 0 Å². The van der Waals surface area contributed by atoms with Gasteiger partial charge in [-0.25, -0.2) is 0 Å². The maximum absolute atomic E-state index is 10.9. The molecule has 5 N–H and O–H groups in total. The first-order valence-electron chi connectivity index (χ1n) is 7.00. The van der Waals surface area contributed by atoms with Gasteiger partial charge in [0.25, 0.3) is 0 Å². The summed E-state index contributed by atoms with van der Waals surface area (Å²) in [6.07, 6.45) is 2.72. The number of amides is 1. The number of hydrogen-bond donors (Lipinski definition) is 3. The van der Waals surface area contributed by atoms with Gasteiger partial charge in [0.05, 0.1) is 13.2 Å². The number of halogens is 1. The largest absolute Gasteiger partial charge is 0.398 e. The Labute approximate surface area is 140 Å². The second-order valence-electron chi connectivity index (χ2n) is 4.71. The first kappa shape index (κ1) is 18.7. The van der Waals surface area contributed by atoms with E-state index in [1.807, 2.05) is 0 Å². The van der Waals surface area contributed by atoms with Gasteiger partial charge < -0.3 is 21.1 Å². The summed E-state index contributed by atoms with van der Waals surface area (Å²) >= 11 is 5.76. The molecule has 0 unspecified atom stereocenters. The Kier molecular flexibility index (Phi) is 7.87. The molecule has 1 fully saturated rings. The molecule has 0 aromatic heterocycles. The van der Waals surface area contributed by atoms with Crippen LogP contribution in [0.5, 0.6) is 0 Å². The van der Waals surface area contributed by atoms with Crippen LogP contribution in [0.15, 0.2) is 43.0 Å². The molecule has 1 aromatic rings. The first-order valence-corrected chi connectivity index (χ1v) is 7.38. The van der Waals surface area contributed by atoms with Crippen LogP contribution in [-0.4, -0.2) is 42.9 Å². The normalized spacial score (nSPS) is 14.5. The summed E-state index contributed by atoms with van der Waals surface area (Å²) in [6, 6.07) is 7.07. The summed E-state index contributed by atoms with van der Waals surface area (Å²) in [5.41, 5.74) is 12.0. The molecule has 0 saturated carbocycles. The van der Waals surface area contributed by atoms with Gasteiger partial charge in [0.15, 0.2) is 0 Å². The lowest BCUT2D eigenvalue weighted by Gasteiger charge is -2.25. The van der Waals surface area contributed by atoms with Crippen molar-refractivity contribution in [3.8, 4) is 0 Å². The Bertz CT molecular complexity index is 595. The molecule has 0 atom stereocenters. The lowest BCUT2D eigenvalue weighted by Crippen LogP contribution is -2.39. The summed E-state index contributed by atoms with van der Waals surface area (Å²) in [6.45, 7) is 6.11. The fourth-order valence-corrected chi connectivity index (χ4v) is 2.02. The highest BCUT2D eigenvalue weighted by Crippen LogP contribution is 2.14. The van der Waals surface area contributed by atoms with Gasteiger partial charge in [0, 0.05) is 29.9 Å². The molecule has 1 aliphatic heterocycles. The van der Waals surface area contributed by atoms with Crippen molar-refractivity contribution < 1.29 is 9.53 Å². The molecule has 1 saturated heterocycles. The Morgan fingerprint density at radius 3 is 2.52 bits per heavy atom. The average molecular weight is 337 g/mol. The van der Waals surface area contributed by atoms with Gasteiger partial charge in [0.2, 0.25) is 5.91 Å².